The number of nitrogens with one attached hydrogen (secondary N) is 1. The van der Waals surface area contributed by atoms with Crippen molar-refractivity contribution in [2.75, 3.05) is 19.5 Å². The van der Waals surface area contributed by atoms with Crippen LogP contribution < -0.4 is 14.8 Å². The molecule has 2 heterocycles. The fraction of sp³-hybridized carbons (Fsp3) is 0.280. The van der Waals surface area contributed by atoms with Gasteiger partial charge >= 0.3 is 0 Å². The number of carbonyl (C=O) groups excluding carboxylic acids is 1. The number of nitrogens with zero attached hydrogens (tertiary/aromatic N) is 1. The number of ether oxygens (including phenoxy) is 2. The Morgan fingerprint density at radius 3 is 2.52 bits per heavy atom. The van der Waals surface area contributed by atoms with E-state index in [1.807, 2.05) is 43.3 Å². The molecule has 1 aromatic heterocycles. The molecule has 2 atom stereocenters. The maximum atomic E-state index is 13.5. The Balaban J connectivity index is 1.63. The lowest BCUT2D eigenvalue weighted by Crippen LogP contribution is -2.29. The molecule has 158 valence electrons. The lowest BCUT2D eigenvalue weighted by Gasteiger charge is -2.34. The van der Waals surface area contributed by atoms with Crippen LogP contribution in [0.4, 0.5) is 5.88 Å². The van der Waals surface area contributed by atoms with E-state index in [1.54, 1.807) is 14.2 Å². The van der Waals surface area contributed by atoms with E-state index in [9.17, 15) is 4.79 Å². The van der Waals surface area contributed by atoms with E-state index in [1.165, 1.54) is 5.56 Å². The number of methoxy groups -OCH3 is 2. The summed E-state index contributed by atoms with van der Waals surface area (Å²) in [5.74, 6) is 1.90. The van der Waals surface area contributed by atoms with E-state index >= 15 is 0 Å². The van der Waals surface area contributed by atoms with Gasteiger partial charge in [-0.15, -0.1) is 0 Å². The van der Waals surface area contributed by atoms with Crippen LogP contribution in [0.5, 0.6) is 11.5 Å². The minimum atomic E-state index is -0.262. The molecule has 0 saturated heterocycles. The van der Waals surface area contributed by atoms with Crippen molar-refractivity contribution in [2.45, 2.75) is 31.6 Å². The summed E-state index contributed by atoms with van der Waals surface area (Å²) in [5.41, 5.74) is 5.49. The van der Waals surface area contributed by atoms with Crippen LogP contribution in [0.25, 0.3) is 0 Å². The predicted octanol–water partition coefficient (Wildman–Crippen LogP) is 4.96. The summed E-state index contributed by atoms with van der Waals surface area (Å²) < 4.78 is 16.5. The Morgan fingerprint density at radius 1 is 1.00 bits per heavy atom. The molecule has 2 aliphatic rings. The van der Waals surface area contributed by atoms with Gasteiger partial charge in [-0.3, -0.25) is 4.79 Å². The Hall–Kier alpha value is -3.54. The Morgan fingerprint density at radius 2 is 1.77 bits per heavy atom. The molecule has 0 radical (unpaired) electrons. The number of anilines is 1. The summed E-state index contributed by atoms with van der Waals surface area (Å²) in [7, 11) is 3.22. The second-order valence-electron chi connectivity index (χ2n) is 8.01. The number of allylic oxidation sites excluding steroid dienone is 2. The van der Waals surface area contributed by atoms with Crippen LogP contribution in [0.3, 0.4) is 0 Å². The highest BCUT2D eigenvalue weighted by Gasteiger charge is 2.41. The number of rotatable bonds is 4. The summed E-state index contributed by atoms with van der Waals surface area (Å²) in [6.45, 7) is 1.91. The second-order valence-corrected chi connectivity index (χ2v) is 8.01. The molecule has 0 fully saturated rings. The Kier molecular flexibility index (Phi) is 4.77. The maximum absolute atomic E-state index is 13.5. The first-order valence-corrected chi connectivity index (χ1v) is 10.4. The van der Waals surface area contributed by atoms with Gasteiger partial charge in [-0.25, -0.2) is 0 Å². The van der Waals surface area contributed by atoms with E-state index in [-0.39, 0.29) is 17.6 Å². The van der Waals surface area contributed by atoms with Crippen molar-refractivity contribution in [3.8, 4) is 11.5 Å². The van der Waals surface area contributed by atoms with Crippen LogP contribution in [0.2, 0.25) is 0 Å². The smallest absolute Gasteiger partial charge is 0.233 e. The zero-order chi connectivity index (χ0) is 21.5. The van der Waals surface area contributed by atoms with Crippen molar-refractivity contribution in [2.24, 2.45) is 0 Å². The largest absolute Gasteiger partial charge is 0.493 e. The molecule has 0 saturated carbocycles. The van der Waals surface area contributed by atoms with Crippen molar-refractivity contribution in [3.63, 3.8) is 0 Å². The number of Topliss-reactive ketones (excluding diaryl/α,β-unsaturated/α-hetero) is 1. The highest BCUT2D eigenvalue weighted by molar-refractivity contribution is 6.01. The van der Waals surface area contributed by atoms with Gasteiger partial charge in [0.25, 0.3) is 0 Å². The first-order valence-electron chi connectivity index (χ1n) is 10.4. The highest BCUT2D eigenvalue weighted by Crippen LogP contribution is 2.49. The first kappa shape index (κ1) is 19.4. The number of ketones is 1. The topological polar surface area (TPSA) is 73.6 Å². The van der Waals surface area contributed by atoms with Crippen LogP contribution >= 0.6 is 0 Å². The molecule has 5 rings (SSSR count). The molecule has 1 aliphatic carbocycles. The average molecular weight is 416 g/mol. The van der Waals surface area contributed by atoms with Gasteiger partial charge in [-0.1, -0.05) is 41.6 Å². The Bertz CT molecular complexity index is 1180. The van der Waals surface area contributed by atoms with Crippen LogP contribution in [0.15, 0.2) is 64.3 Å². The molecule has 6 nitrogen and oxygen atoms in total. The molecule has 2 aromatic carbocycles. The van der Waals surface area contributed by atoms with E-state index in [2.05, 4.69) is 22.6 Å². The molecule has 0 spiro atoms. The number of fused-ring (bicyclic) bond motifs is 1. The normalized spacial score (nSPS) is 20.0. The van der Waals surface area contributed by atoms with E-state index in [4.69, 9.17) is 14.0 Å². The molecule has 31 heavy (non-hydrogen) atoms. The molecular formula is C25H24N2O4. The standard InChI is InChI=1S/C25H24N2O4/c1-14-22-23(16-9-10-20(29-2)21(13-16)30-3)24-18(26-25(22)31-27-14)11-17(12-19(24)28)15-7-5-4-6-8-15/h4-10,13,17,23,26H,11-12H2,1-3H3/t17-,23-/m1/s1. The number of hydrogen-bond acceptors (Lipinski definition) is 6. The number of benzene rings is 2. The van der Waals surface area contributed by atoms with Crippen LogP contribution in [-0.4, -0.2) is 25.2 Å². The molecule has 0 amide bonds. The van der Waals surface area contributed by atoms with Gasteiger partial charge in [-0.2, -0.15) is 0 Å². The fourth-order valence-corrected chi connectivity index (χ4v) is 4.80. The molecule has 0 bridgehead atoms. The number of aromatic nitrogens is 1. The SMILES string of the molecule is COc1ccc([C@H]2C3=C(C[C@@H](c4ccccc4)CC3=O)Nc3onc(C)c32)cc1OC. The third-order valence-electron chi connectivity index (χ3n) is 6.27. The minimum absolute atomic E-state index is 0.136. The first-order chi connectivity index (χ1) is 15.1. The third kappa shape index (κ3) is 3.19. The van der Waals surface area contributed by atoms with Crippen LogP contribution in [-0.2, 0) is 4.79 Å². The zero-order valence-electron chi connectivity index (χ0n) is 17.8. The summed E-state index contributed by atoms with van der Waals surface area (Å²) in [4.78, 5) is 13.5. The van der Waals surface area contributed by atoms with Crippen LogP contribution in [0, 0.1) is 6.92 Å². The molecule has 6 heteroatoms. The van der Waals surface area contributed by atoms with Crippen LogP contribution in [0.1, 0.15) is 47.1 Å². The molecular weight excluding hydrogens is 392 g/mol. The minimum Gasteiger partial charge on any atom is -0.493 e. The van der Waals surface area contributed by atoms with Gasteiger partial charge in [-0.05, 0) is 42.5 Å². The van der Waals surface area contributed by atoms with Crippen molar-refractivity contribution >= 4 is 11.7 Å². The fourth-order valence-electron chi connectivity index (χ4n) is 4.80. The predicted molar refractivity (Wildman–Crippen MR) is 117 cm³/mol. The lowest BCUT2D eigenvalue weighted by molar-refractivity contribution is -0.116. The van der Waals surface area contributed by atoms with E-state index in [0.717, 1.165) is 34.5 Å². The molecule has 1 N–H and O–H groups in total. The van der Waals surface area contributed by atoms with Gasteiger partial charge in [0.1, 0.15) is 0 Å². The summed E-state index contributed by atoms with van der Waals surface area (Å²) in [6.07, 6.45) is 1.22. The summed E-state index contributed by atoms with van der Waals surface area (Å²) >= 11 is 0. The number of hydrogen-bond donors (Lipinski definition) is 1. The van der Waals surface area contributed by atoms with Gasteiger partial charge in [0.2, 0.25) is 5.88 Å². The monoisotopic (exact) mass is 416 g/mol. The van der Waals surface area contributed by atoms with Gasteiger partial charge < -0.3 is 19.3 Å². The lowest BCUT2D eigenvalue weighted by atomic mass is 9.72. The second kappa shape index (κ2) is 7.61. The van der Waals surface area contributed by atoms with Gasteiger partial charge in [0, 0.05) is 23.6 Å². The third-order valence-corrected chi connectivity index (χ3v) is 6.27. The average Bonchev–Trinajstić information content (AvgIpc) is 3.17. The van der Waals surface area contributed by atoms with Crippen molar-refractivity contribution in [1.29, 1.82) is 0 Å². The van der Waals surface area contributed by atoms with Gasteiger partial charge in [0.15, 0.2) is 17.3 Å². The van der Waals surface area contributed by atoms with Crippen molar-refractivity contribution in [1.82, 2.24) is 5.16 Å². The number of carbonyl (C=O) groups is 1. The Labute approximate surface area is 180 Å². The van der Waals surface area contributed by atoms with Crippen molar-refractivity contribution < 1.29 is 18.8 Å². The quantitative estimate of drug-likeness (QED) is 0.648. The van der Waals surface area contributed by atoms with Gasteiger partial charge in [0.05, 0.1) is 25.5 Å². The zero-order valence-corrected chi connectivity index (χ0v) is 17.8. The molecule has 1 aliphatic heterocycles. The molecule has 3 aromatic rings. The summed E-state index contributed by atoms with van der Waals surface area (Å²) in [6, 6.07) is 16.0. The number of aryl methyl sites for hydroxylation is 1. The van der Waals surface area contributed by atoms with E-state index in [0.29, 0.717) is 23.8 Å². The highest BCUT2D eigenvalue weighted by atomic mass is 16.5. The summed E-state index contributed by atoms with van der Waals surface area (Å²) in [5, 5.41) is 7.55. The van der Waals surface area contributed by atoms with E-state index < -0.39 is 0 Å². The van der Waals surface area contributed by atoms with Crippen molar-refractivity contribution in [3.05, 3.63) is 82.2 Å². The molecule has 0 unspecified atom stereocenters. The maximum Gasteiger partial charge on any atom is 0.233 e.